The molecule has 0 aliphatic carbocycles. The van der Waals surface area contributed by atoms with Crippen molar-refractivity contribution in [2.75, 3.05) is 19.5 Å². The third kappa shape index (κ3) is 3.38. The van der Waals surface area contributed by atoms with Gasteiger partial charge in [0.1, 0.15) is 22.2 Å². The van der Waals surface area contributed by atoms with E-state index in [-0.39, 0.29) is 15.7 Å². The van der Waals surface area contributed by atoms with Gasteiger partial charge in [0.25, 0.3) is 5.91 Å². The van der Waals surface area contributed by atoms with E-state index in [1.54, 1.807) is 12.1 Å². The zero-order valence-electron chi connectivity index (χ0n) is 13.2. The van der Waals surface area contributed by atoms with Crippen LogP contribution >= 0.6 is 34.5 Å². The van der Waals surface area contributed by atoms with Crippen molar-refractivity contribution in [3.63, 3.8) is 0 Å². The van der Waals surface area contributed by atoms with Crippen LogP contribution in [0, 0.1) is 5.82 Å². The van der Waals surface area contributed by atoms with Crippen molar-refractivity contribution in [3.05, 3.63) is 51.1 Å². The molecule has 3 rings (SSSR count). The van der Waals surface area contributed by atoms with Gasteiger partial charge in [0.2, 0.25) is 0 Å². The van der Waals surface area contributed by atoms with Gasteiger partial charge in [0.15, 0.2) is 0 Å². The average Bonchev–Trinajstić information content (AvgIpc) is 2.91. The monoisotopic (exact) mass is 399 g/mol. The van der Waals surface area contributed by atoms with E-state index in [4.69, 9.17) is 32.7 Å². The molecule has 3 aromatic rings. The number of hydrogen-bond donors (Lipinski definition) is 1. The van der Waals surface area contributed by atoms with Gasteiger partial charge in [-0.25, -0.2) is 4.39 Å². The van der Waals surface area contributed by atoms with E-state index in [9.17, 15) is 9.18 Å². The van der Waals surface area contributed by atoms with Crippen LogP contribution in [0.25, 0.3) is 10.1 Å². The molecule has 0 fully saturated rings. The minimum Gasteiger partial charge on any atom is -0.495 e. The molecule has 130 valence electrons. The summed E-state index contributed by atoms with van der Waals surface area (Å²) in [6.07, 6.45) is 0. The minimum absolute atomic E-state index is 0.274. The molecule has 0 radical (unpaired) electrons. The topological polar surface area (TPSA) is 47.6 Å². The summed E-state index contributed by atoms with van der Waals surface area (Å²) in [7, 11) is 2.95. The van der Waals surface area contributed by atoms with Crippen molar-refractivity contribution >= 4 is 56.2 Å². The third-order valence-electron chi connectivity index (χ3n) is 3.52. The summed E-state index contributed by atoms with van der Waals surface area (Å²) in [6, 6.07) is 7.28. The Bertz CT molecular complexity index is 974. The first-order valence-corrected chi connectivity index (χ1v) is 8.62. The number of ether oxygens (including phenoxy) is 2. The zero-order chi connectivity index (χ0) is 18.1. The molecule has 0 aliphatic rings. The number of hydrogen-bond acceptors (Lipinski definition) is 4. The number of anilines is 1. The highest BCUT2D eigenvalue weighted by molar-refractivity contribution is 7.21. The number of halogens is 3. The van der Waals surface area contributed by atoms with Crippen LogP contribution in [0.4, 0.5) is 10.1 Å². The van der Waals surface area contributed by atoms with Gasteiger partial charge in [0, 0.05) is 16.2 Å². The Labute approximate surface area is 157 Å². The van der Waals surface area contributed by atoms with Crippen LogP contribution in [0.5, 0.6) is 11.5 Å². The predicted molar refractivity (Wildman–Crippen MR) is 99.3 cm³/mol. The lowest BCUT2D eigenvalue weighted by molar-refractivity contribution is 0.103. The predicted octanol–water partition coefficient (Wildman–Crippen LogP) is 5.62. The molecule has 25 heavy (non-hydrogen) atoms. The normalized spacial score (nSPS) is 10.8. The molecule has 4 nitrogen and oxygen atoms in total. The Morgan fingerprint density at radius 3 is 2.52 bits per heavy atom. The van der Waals surface area contributed by atoms with Gasteiger partial charge >= 0.3 is 0 Å². The Morgan fingerprint density at radius 1 is 1.12 bits per heavy atom. The first-order chi connectivity index (χ1) is 11.9. The Morgan fingerprint density at radius 2 is 1.84 bits per heavy atom. The minimum atomic E-state index is -0.439. The molecular weight excluding hydrogens is 388 g/mol. The number of benzene rings is 2. The Balaban J connectivity index is 1.98. The van der Waals surface area contributed by atoms with E-state index in [1.807, 2.05) is 0 Å². The van der Waals surface area contributed by atoms with Gasteiger partial charge in [-0.05, 0) is 24.3 Å². The van der Waals surface area contributed by atoms with Crippen molar-refractivity contribution in [1.82, 2.24) is 0 Å². The van der Waals surface area contributed by atoms with E-state index >= 15 is 0 Å². The molecule has 0 saturated heterocycles. The molecule has 0 saturated carbocycles. The molecule has 1 amide bonds. The maximum Gasteiger partial charge on any atom is 0.267 e. The number of amides is 1. The second-order valence-electron chi connectivity index (χ2n) is 5.03. The van der Waals surface area contributed by atoms with Gasteiger partial charge in [-0.3, -0.25) is 4.79 Å². The first kappa shape index (κ1) is 17.8. The molecule has 0 spiro atoms. The van der Waals surface area contributed by atoms with Crippen LogP contribution in [-0.2, 0) is 0 Å². The van der Waals surface area contributed by atoms with Gasteiger partial charge in [0.05, 0.1) is 30.0 Å². The van der Waals surface area contributed by atoms with Crippen LogP contribution in [0.2, 0.25) is 10.0 Å². The Hall–Kier alpha value is -2.02. The van der Waals surface area contributed by atoms with Crippen molar-refractivity contribution in [1.29, 1.82) is 0 Å². The van der Waals surface area contributed by atoms with E-state index in [1.165, 1.54) is 32.4 Å². The fourth-order valence-electron chi connectivity index (χ4n) is 2.32. The molecule has 0 atom stereocenters. The number of carbonyl (C=O) groups is 1. The second kappa shape index (κ2) is 7.07. The summed E-state index contributed by atoms with van der Waals surface area (Å²) >= 11 is 13.5. The van der Waals surface area contributed by atoms with E-state index in [0.29, 0.717) is 32.3 Å². The highest BCUT2D eigenvalue weighted by Gasteiger charge is 2.20. The van der Waals surface area contributed by atoms with E-state index in [2.05, 4.69) is 5.32 Å². The van der Waals surface area contributed by atoms with Gasteiger partial charge in [-0.2, -0.15) is 0 Å². The number of fused-ring (bicyclic) bond motifs is 1. The maximum absolute atomic E-state index is 13.4. The fraction of sp³-hybridized carbons (Fsp3) is 0.118. The average molecular weight is 400 g/mol. The number of thiophene rings is 1. The lowest BCUT2D eigenvalue weighted by atomic mass is 10.2. The lowest BCUT2D eigenvalue weighted by Gasteiger charge is -2.12. The van der Waals surface area contributed by atoms with Crippen LogP contribution in [0.15, 0.2) is 30.3 Å². The summed E-state index contributed by atoms with van der Waals surface area (Å²) in [5.41, 5.74) is 0.373. The molecule has 8 heteroatoms. The summed E-state index contributed by atoms with van der Waals surface area (Å²) in [5.74, 6) is -0.0168. The lowest BCUT2D eigenvalue weighted by Crippen LogP contribution is -2.11. The van der Waals surface area contributed by atoms with Crippen LogP contribution < -0.4 is 14.8 Å². The standard InChI is InChI=1S/C17H12Cl2FNO3S/c1-23-12-7-13(24-2)11(6-10(12)18)21-17(22)16-15(19)9-4-3-8(20)5-14(9)25-16/h3-7H,1-2H3,(H,21,22). The highest BCUT2D eigenvalue weighted by atomic mass is 35.5. The third-order valence-corrected chi connectivity index (χ3v) is 5.47. The summed E-state index contributed by atoms with van der Waals surface area (Å²) in [4.78, 5) is 12.9. The van der Waals surface area contributed by atoms with Crippen LogP contribution in [0.3, 0.4) is 0 Å². The van der Waals surface area contributed by atoms with Crippen LogP contribution in [-0.4, -0.2) is 20.1 Å². The van der Waals surface area contributed by atoms with E-state index < -0.39 is 5.91 Å². The molecule has 0 unspecified atom stereocenters. The molecule has 1 N–H and O–H groups in total. The zero-order valence-corrected chi connectivity index (χ0v) is 15.5. The summed E-state index contributed by atoms with van der Waals surface area (Å²) in [6.45, 7) is 0. The summed E-state index contributed by atoms with van der Waals surface area (Å²) < 4.78 is 24.3. The quantitative estimate of drug-likeness (QED) is 0.619. The van der Waals surface area contributed by atoms with Crippen molar-refractivity contribution in [2.45, 2.75) is 0 Å². The number of carbonyl (C=O) groups excluding carboxylic acids is 1. The van der Waals surface area contributed by atoms with Gasteiger partial charge in [-0.1, -0.05) is 23.2 Å². The van der Waals surface area contributed by atoms with E-state index in [0.717, 1.165) is 11.3 Å². The molecule has 2 aromatic carbocycles. The number of nitrogens with one attached hydrogen (secondary N) is 1. The molecule has 0 aliphatic heterocycles. The molecule has 1 heterocycles. The van der Waals surface area contributed by atoms with Gasteiger partial charge in [-0.15, -0.1) is 11.3 Å². The maximum atomic E-state index is 13.4. The molecule has 0 bridgehead atoms. The molecular formula is C17H12Cl2FNO3S. The molecule has 1 aromatic heterocycles. The van der Waals surface area contributed by atoms with Crippen molar-refractivity contribution < 1.29 is 18.7 Å². The largest absolute Gasteiger partial charge is 0.495 e. The van der Waals surface area contributed by atoms with Crippen molar-refractivity contribution in [3.8, 4) is 11.5 Å². The van der Waals surface area contributed by atoms with Crippen molar-refractivity contribution in [2.24, 2.45) is 0 Å². The Kier molecular flexibility index (Phi) is 5.03. The fourth-order valence-corrected chi connectivity index (χ4v) is 4.00. The van der Waals surface area contributed by atoms with Gasteiger partial charge < -0.3 is 14.8 Å². The first-order valence-electron chi connectivity index (χ1n) is 7.05. The second-order valence-corrected chi connectivity index (χ2v) is 6.86. The van der Waals surface area contributed by atoms with Crippen LogP contribution in [0.1, 0.15) is 9.67 Å². The highest BCUT2D eigenvalue weighted by Crippen LogP contribution is 2.39. The summed E-state index contributed by atoms with van der Waals surface area (Å²) in [5, 5.41) is 3.93. The SMILES string of the molecule is COc1cc(OC)c(NC(=O)c2sc3cc(F)ccc3c2Cl)cc1Cl. The number of rotatable bonds is 4. The number of methoxy groups -OCH3 is 2. The smallest absolute Gasteiger partial charge is 0.267 e.